The molecule has 3 rings (SSSR count). The van der Waals surface area contributed by atoms with Crippen LogP contribution in [0.15, 0.2) is 54.6 Å². The van der Waals surface area contributed by atoms with Gasteiger partial charge in [-0.15, -0.1) is 0 Å². The molecule has 0 aromatic heterocycles. The molecule has 0 aliphatic carbocycles. The second kappa shape index (κ2) is 7.32. The Balaban J connectivity index is 1.76. The number of para-hydroxylation sites is 1. The van der Waals surface area contributed by atoms with Gasteiger partial charge in [-0.1, -0.05) is 63.2 Å². The quantitative estimate of drug-likeness (QED) is 0.897. The van der Waals surface area contributed by atoms with Crippen molar-refractivity contribution >= 4 is 17.5 Å². The molecule has 1 unspecified atom stereocenters. The Morgan fingerprint density at radius 1 is 1.00 bits per heavy atom. The second-order valence-corrected chi connectivity index (χ2v) is 7.90. The van der Waals surface area contributed by atoms with Crippen molar-refractivity contribution in [3.8, 4) is 0 Å². The molecule has 4 heteroatoms. The van der Waals surface area contributed by atoms with E-state index < -0.39 is 5.41 Å². The van der Waals surface area contributed by atoms with Gasteiger partial charge < -0.3 is 10.2 Å². The molecule has 4 nitrogen and oxygen atoms in total. The molecule has 2 aromatic carbocycles. The zero-order valence-electron chi connectivity index (χ0n) is 15.7. The molecule has 0 radical (unpaired) electrons. The van der Waals surface area contributed by atoms with Gasteiger partial charge in [-0.05, 0) is 24.1 Å². The Labute approximate surface area is 155 Å². The van der Waals surface area contributed by atoms with Crippen LogP contribution in [-0.4, -0.2) is 29.8 Å². The number of benzene rings is 2. The van der Waals surface area contributed by atoms with Crippen molar-refractivity contribution in [2.24, 2.45) is 5.41 Å². The number of nitrogens with one attached hydrogen (secondary N) is 1. The van der Waals surface area contributed by atoms with Gasteiger partial charge in [0.2, 0.25) is 5.91 Å². The molecule has 1 aliphatic heterocycles. The molecule has 2 aromatic rings. The monoisotopic (exact) mass is 350 g/mol. The van der Waals surface area contributed by atoms with Crippen LogP contribution in [0.25, 0.3) is 0 Å². The van der Waals surface area contributed by atoms with Crippen molar-refractivity contribution in [3.63, 3.8) is 0 Å². The summed E-state index contributed by atoms with van der Waals surface area (Å²) in [6.45, 7) is 7.03. The number of carbonyl (C=O) groups excluding carboxylic acids is 2. The molecule has 0 spiro atoms. The first-order chi connectivity index (χ1) is 12.4. The number of amides is 2. The standard InChI is InChI=1S/C22H26N2O2/c1-22(2,3)21(26)23-19-12-8-7-11-18(19)20(25)24-14-13-17(15-24)16-9-5-4-6-10-16/h4-12,17H,13-15H2,1-3H3,(H,23,26). The van der Waals surface area contributed by atoms with E-state index in [0.29, 0.717) is 23.7 Å². The maximum atomic E-state index is 13.1. The predicted octanol–water partition coefficient (Wildman–Crippen LogP) is 4.30. The predicted molar refractivity (Wildman–Crippen MR) is 104 cm³/mol. The largest absolute Gasteiger partial charge is 0.338 e. The SMILES string of the molecule is CC(C)(C)C(=O)Nc1ccccc1C(=O)N1CCC(c2ccccc2)C1. The first kappa shape index (κ1) is 18.2. The van der Waals surface area contributed by atoms with Gasteiger partial charge in [0, 0.05) is 24.4 Å². The molecule has 0 saturated carbocycles. The molecule has 1 fully saturated rings. The minimum Gasteiger partial charge on any atom is -0.338 e. The van der Waals surface area contributed by atoms with E-state index in [4.69, 9.17) is 0 Å². The number of hydrogen-bond donors (Lipinski definition) is 1. The minimum absolute atomic E-state index is 0.0201. The highest BCUT2D eigenvalue weighted by molar-refractivity contribution is 6.04. The van der Waals surface area contributed by atoms with Crippen molar-refractivity contribution in [2.45, 2.75) is 33.1 Å². The summed E-state index contributed by atoms with van der Waals surface area (Å²) < 4.78 is 0. The number of rotatable bonds is 3. The Bertz CT molecular complexity index is 793. The molecule has 0 bridgehead atoms. The maximum absolute atomic E-state index is 13.1. The zero-order valence-corrected chi connectivity index (χ0v) is 15.7. The Morgan fingerprint density at radius 2 is 1.65 bits per heavy atom. The van der Waals surface area contributed by atoms with Crippen LogP contribution in [0, 0.1) is 5.41 Å². The molecule has 26 heavy (non-hydrogen) atoms. The number of nitrogens with zero attached hydrogens (tertiary/aromatic N) is 1. The Hall–Kier alpha value is -2.62. The fraction of sp³-hybridized carbons (Fsp3) is 0.364. The Kier molecular flexibility index (Phi) is 5.12. The average Bonchev–Trinajstić information content (AvgIpc) is 3.12. The van der Waals surface area contributed by atoms with Crippen molar-refractivity contribution in [2.75, 3.05) is 18.4 Å². The van der Waals surface area contributed by atoms with Crippen LogP contribution in [0.3, 0.4) is 0 Å². The number of likely N-dealkylation sites (tertiary alicyclic amines) is 1. The summed E-state index contributed by atoms with van der Waals surface area (Å²) in [7, 11) is 0. The lowest BCUT2D eigenvalue weighted by atomic mass is 9.95. The molecule has 2 amide bonds. The van der Waals surface area contributed by atoms with Crippen LogP contribution in [0.5, 0.6) is 0 Å². The summed E-state index contributed by atoms with van der Waals surface area (Å²) in [4.78, 5) is 27.3. The van der Waals surface area contributed by atoms with Gasteiger partial charge in [0.1, 0.15) is 0 Å². The number of anilines is 1. The fourth-order valence-electron chi connectivity index (χ4n) is 3.20. The summed E-state index contributed by atoms with van der Waals surface area (Å²) >= 11 is 0. The lowest BCUT2D eigenvalue weighted by Crippen LogP contribution is -2.31. The van der Waals surface area contributed by atoms with Crippen molar-refractivity contribution in [3.05, 3.63) is 65.7 Å². The molecule has 136 valence electrons. The van der Waals surface area contributed by atoms with Gasteiger partial charge in [-0.25, -0.2) is 0 Å². The molecule has 1 heterocycles. The zero-order chi connectivity index (χ0) is 18.7. The summed E-state index contributed by atoms with van der Waals surface area (Å²) in [6, 6.07) is 17.6. The molecule has 1 aliphatic rings. The van der Waals surface area contributed by atoms with Crippen molar-refractivity contribution < 1.29 is 9.59 Å². The van der Waals surface area contributed by atoms with Crippen LogP contribution < -0.4 is 5.32 Å². The van der Waals surface area contributed by atoms with E-state index in [1.807, 2.05) is 56.0 Å². The summed E-state index contributed by atoms with van der Waals surface area (Å²) in [5, 5.41) is 2.91. The minimum atomic E-state index is -0.512. The highest BCUT2D eigenvalue weighted by Crippen LogP contribution is 2.29. The van der Waals surface area contributed by atoms with Crippen molar-refractivity contribution in [1.29, 1.82) is 0 Å². The third-order valence-electron chi connectivity index (χ3n) is 4.83. The number of hydrogen-bond acceptors (Lipinski definition) is 2. The molecular weight excluding hydrogens is 324 g/mol. The van der Waals surface area contributed by atoms with Gasteiger partial charge >= 0.3 is 0 Å². The fourth-order valence-corrected chi connectivity index (χ4v) is 3.20. The van der Waals surface area contributed by atoms with Crippen LogP contribution in [-0.2, 0) is 4.79 Å². The molecule has 1 N–H and O–H groups in total. The van der Waals surface area contributed by atoms with E-state index in [1.54, 1.807) is 12.1 Å². The van der Waals surface area contributed by atoms with Crippen LogP contribution in [0.1, 0.15) is 49.0 Å². The van der Waals surface area contributed by atoms with E-state index in [-0.39, 0.29) is 11.8 Å². The van der Waals surface area contributed by atoms with E-state index in [9.17, 15) is 9.59 Å². The molecular formula is C22H26N2O2. The first-order valence-corrected chi connectivity index (χ1v) is 9.11. The van der Waals surface area contributed by atoms with Gasteiger partial charge in [-0.3, -0.25) is 9.59 Å². The third-order valence-corrected chi connectivity index (χ3v) is 4.83. The second-order valence-electron chi connectivity index (χ2n) is 7.90. The highest BCUT2D eigenvalue weighted by atomic mass is 16.2. The topological polar surface area (TPSA) is 49.4 Å². The van der Waals surface area contributed by atoms with Crippen LogP contribution in [0.2, 0.25) is 0 Å². The van der Waals surface area contributed by atoms with E-state index >= 15 is 0 Å². The third kappa shape index (κ3) is 3.96. The van der Waals surface area contributed by atoms with Gasteiger partial charge in [-0.2, -0.15) is 0 Å². The first-order valence-electron chi connectivity index (χ1n) is 9.11. The summed E-state index contributed by atoms with van der Waals surface area (Å²) in [6.07, 6.45) is 0.965. The maximum Gasteiger partial charge on any atom is 0.255 e. The molecule has 1 atom stereocenters. The average molecular weight is 350 g/mol. The number of carbonyl (C=O) groups is 2. The Morgan fingerprint density at radius 3 is 2.35 bits per heavy atom. The van der Waals surface area contributed by atoms with Gasteiger partial charge in [0.15, 0.2) is 0 Å². The summed E-state index contributed by atoms with van der Waals surface area (Å²) in [5.41, 5.74) is 1.90. The lowest BCUT2D eigenvalue weighted by Gasteiger charge is -2.21. The van der Waals surface area contributed by atoms with E-state index in [1.165, 1.54) is 5.56 Å². The van der Waals surface area contributed by atoms with Crippen LogP contribution in [0.4, 0.5) is 5.69 Å². The van der Waals surface area contributed by atoms with Gasteiger partial charge in [0.05, 0.1) is 11.3 Å². The van der Waals surface area contributed by atoms with Gasteiger partial charge in [0.25, 0.3) is 5.91 Å². The van der Waals surface area contributed by atoms with Crippen molar-refractivity contribution in [1.82, 2.24) is 4.90 Å². The highest BCUT2D eigenvalue weighted by Gasteiger charge is 2.30. The van der Waals surface area contributed by atoms with E-state index in [2.05, 4.69) is 17.4 Å². The lowest BCUT2D eigenvalue weighted by molar-refractivity contribution is -0.123. The normalized spacial score (nSPS) is 17.2. The van der Waals surface area contributed by atoms with Crippen LogP contribution >= 0.6 is 0 Å². The molecule has 1 saturated heterocycles. The van der Waals surface area contributed by atoms with E-state index in [0.717, 1.165) is 13.0 Å². The summed E-state index contributed by atoms with van der Waals surface area (Å²) in [5.74, 6) is 0.256. The smallest absolute Gasteiger partial charge is 0.255 e.